The molecule has 1 aliphatic heterocycles. The summed E-state index contributed by atoms with van der Waals surface area (Å²) in [4.78, 5) is 26.5. The highest BCUT2D eigenvalue weighted by molar-refractivity contribution is 5.80. The van der Waals surface area contributed by atoms with Crippen LogP contribution in [0.2, 0.25) is 0 Å². The second-order valence-corrected chi connectivity index (χ2v) is 22.6. The third kappa shape index (κ3) is 43.5. The normalized spacial score (nSPS) is 19.3. The van der Waals surface area contributed by atoms with Crippen LogP contribution in [0.25, 0.3) is 0 Å². The molecule has 1 amide bonds. The van der Waals surface area contributed by atoms with Gasteiger partial charge in [-0.2, -0.15) is 0 Å². The van der Waals surface area contributed by atoms with E-state index in [9.17, 15) is 35.1 Å². The van der Waals surface area contributed by atoms with Crippen LogP contribution in [0.3, 0.4) is 0 Å². The Morgan fingerprint density at radius 2 is 0.924 bits per heavy atom. The van der Waals surface area contributed by atoms with Gasteiger partial charge in [0, 0.05) is 6.42 Å². The number of hydrogen-bond acceptors (Lipinski definition) is 10. The first-order valence-corrected chi connectivity index (χ1v) is 32.8. The summed E-state index contributed by atoms with van der Waals surface area (Å²) in [6.07, 6.45) is 61.1. The average Bonchev–Trinajstić information content (AvgIpc) is 3.47. The van der Waals surface area contributed by atoms with E-state index in [0.717, 1.165) is 64.2 Å². The minimum atomic E-state index is -1.63. The van der Waals surface area contributed by atoms with Crippen molar-refractivity contribution >= 4 is 11.9 Å². The standard InChI is InChI=1S/C68H121NO10/c1-4-7-10-13-16-19-22-24-25-26-27-28-29-30-31-32-33-34-35-36-38-40-43-46-49-52-55-61(72)67(76)69-59(60(71)54-51-48-45-42-39-21-18-15-12-9-6-3)58-77-68-66(65(75)64(74)62(57-70)78-68)79-63(73)56-53-50-47-44-41-37-23-20-17-14-11-8-5-2/h8,11,14,17,20,23-25,37,41,51,54,59-62,64-66,68,70-72,74-75H,4-7,9-10,12-13,15-16,18-19,21-22,26-36,38-40,42-50,52-53,55-58H2,1-3H3,(H,69,76)/b11-8+,17-14+,23-20-,25-24+,41-37-,54-51+. The summed E-state index contributed by atoms with van der Waals surface area (Å²) in [5, 5.41) is 56.9. The fraction of sp³-hybridized carbons (Fsp3) is 0.794. The van der Waals surface area contributed by atoms with Gasteiger partial charge in [0.2, 0.25) is 5.91 Å². The molecular weight excluding hydrogens is 991 g/mol. The van der Waals surface area contributed by atoms with Crippen molar-refractivity contribution in [3.8, 4) is 0 Å². The van der Waals surface area contributed by atoms with Gasteiger partial charge in [0.15, 0.2) is 12.4 Å². The van der Waals surface area contributed by atoms with E-state index in [2.05, 4.69) is 50.4 Å². The molecule has 11 nitrogen and oxygen atoms in total. The smallest absolute Gasteiger partial charge is 0.306 e. The summed E-state index contributed by atoms with van der Waals surface area (Å²) >= 11 is 0. The minimum absolute atomic E-state index is 0.0762. The van der Waals surface area contributed by atoms with E-state index in [-0.39, 0.29) is 19.4 Å². The van der Waals surface area contributed by atoms with Crippen LogP contribution in [0.15, 0.2) is 72.9 Å². The Morgan fingerprint density at radius 1 is 0.506 bits per heavy atom. The van der Waals surface area contributed by atoms with Gasteiger partial charge in [0.1, 0.15) is 24.4 Å². The predicted octanol–water partition coefficient (Wildman–Crippen LogP) is 16.0. The Bertz CT molecular complexity index is 1560. The van der Waals surface area contributed by atoms with E-state index in [1.165, 1.54) is 173 Å². The molecule has 1 rings (SSSR count). The van der Waals surface area contributed by atoms with Gasteiger partial charge in [0.05, 0.1) is 25.4 Å². The largest absolute Gasteiger partial charge is 0.454 e. The summed E-state index contributed by atoms with van der Waals surface area (Å²) in [5.74, 6) is -1.23. The van der Waals surface area contributed by atoms with Gasteiger partial charge < -0.3 is 45.1 Å². The highest BCUT2D eigenvalue weighted by Crippen LogP contribution is 2.26. The highest BCUT2D eigenvalue weighted by Gasteiger charge is 2.47. The molecule has 0 bridgehead atoms. The molecule has 1 heterocycles. The molecule has 1 aliphatic rings. The zero-order chi connectivity index (χ0) is 57.5. The topological polar surface area (TPSA) is 175 Å². The number of aliphatic hydroxyl groups is 5. The van der Waals surface area contributed by atoms with Crippen molar-refractivity contribution in [3.63, 3.8) is 0 Å². The molecule has 8 atom stereocenters. The molecule has 1 fully saturated rings. The number of allylic oxidation sites excluding steroid dienone is 11. The summed E-state index contributed by atoms with van der Waals surface area (Å²) in [7, 11) is 0. The van der Waals surface area contributed by atoms with Crippen LogP contribution in [0.4, 0.5) is 0 Å². The van der Waals surface area contributed by atoms with Crippen molar-refractivity contribution in [2.45, 2.75) is 333 Å². The lowest BCUT2D eigenvalue weighted by molar-refractivity contribution is -0.305. The Morgan fingerprint density at radius 3 is 1.41 bits per heavy atom. The molecule has 0 spiro atoms. The average molecular weight is 1110 g/mol. The van der Waals surface area contributed by atoms with Gasteiger partial charge in [-0.05, 0) is 70.6 Å². The second-order valence-electron chi connectivity index (χ2n) is 22.6. The van der Waals surface area contributed by atoms with Crippen molar-refractivity contribution in [1.29, 1.82) is 0 Å². The van der Waals surface area contributed by atoms with Gasteiger partial charge in [-0.15, -0.1) is 0 Å². The van der Waals surface area contributed by atoms with Gasteiger partial charge in [-0.3, -0.25) is 9.59 Å². The first kappa shape index (κ1) is 74.1. The third-order valence-corrected chi connectivity index (χ3v) is 15.2. The molecular formula is C68H121NO10. The maximum absolute atomic E-state index is 13.4. The summed E-state index contributed by atoms with van der Waals surface area (Å²) in [5.41, 5.74) is 0. The van der Waals surface area contributed by atoms with Crippen LogP contribution in [-0.2, 0) is 23.8 Å². The van der Waals surface area contributed by atoms with E-state index in [0.29, 0.717) is 12.8 Å². The minimum Gasteiger partial charge on any atom is -0.454 e. The molecule has 0 aliphatic carbocycles. The lowest BCUT2D eigenvalue weighted by atomic mass is 9.99. The van der Waals surface area contributed by atoms with Gasteiger partial charge >= 0.3 is 5.97 Å². The van der Waals surface area contributed by atoms with E-state index in [4.69, 9.17) is 14.2 Å². The number of aliphatic hydroxyl groups excluding tert-OH is 5. The molecule has 0 aromatic carbocycles. The lowest BCUT2D eigenvalue weighted by Crippen LogP contribution is -2.61. The van der Waals surface area contributed by atoms with Crippen LogP contribution in [0.1, 0.15) is 284 Å². The first-order valence-electron chi connectivity index (χ1n) is 32.8. The fourth-order valence-electron chi connectivity index (χ4n) is 10.0. The van der Waals surface area contributed by atoms with Gasteiger partial charge in [0.25, 0.3) is 0 Å². The number of carbonyl (C=O) groups excluding carboxylic acids is 2. The number of unbranched alkanes of at least 4 members (excludes halogenated alkanes) is 34. The summed E-state index contributed by atoms with van der Waals surface area (Å²) in [6, 6.07) is -1.03. The van der Waals surface area contributed by atoms with Crippen molar-refractivity contribution in [3.05, 3.63) is 72.9 Å². The molecule has 458 valence electrons. The van der Waals surface area contributed by atoms with Crippen molar-refractivity contribution in [2.24, 2.45) is 0 Å². The lowest BCUT2D eigenvalue weighted by Gasteiger charge is -2.41. The molecule has 0 radical (unpaired) electrons. The maximum Gasteiger partial charge on any atom is 0.306 e. The van der Waals surface area contributed by atoms with E-state index < -0.39 is 67.4 Å². The van der Waals surface area contributed by atoms with Crippen LogP contribution in [0.5, 0.6) is 0 Å². The number of amides is 1. The fourth-order valence-corrected chi connectivity index (χ4v) is 10.0. The van der Waals surface area contributed by atoms with E-state index in [1.54, 1.807) is 6.08 Å². The van der Waals surface area contributed by atoms with Crippen LogP contribution in [0, 0.1) is 0 Å². The van der Waals surface area contributed by atoms with Gasteiger partial charge in [-0.25, -0.2) is 0 Å². The zero-order valence-corrected chi connectivity index (χ0v) is 50.7. The third-order valence-electron chi connectivity index (χ3n) is 15.2. The van der Waals surface area contributed by atoms with Crippen molar-refractivity contribution < 1.29 is 49.3 Å². The summed E-state index contributed by atoms with van der Waals surface area (Å²) < 4.78 is 17.6. The van der Waals surface area contributed by atoms with Crippen molar-refractivity contribution in [2.75, 3.05) is 13.2 Å². The quantitative estimate of drug-likeness (QED) is 0.0149. The molecule has 1 saturated heterocycles. The Kier molecular flexibility index (Phi) is 52.2. The summed E-state index contributed by atoms with van der Waals surface area (Å²) in [6.45, 7) is 5.62. The highest BCUT2D eigenvalue weighted by atomic mass is 16.7. The molecule has 0 aromatic heterocycles. The Balaban J connectivity index is 2.56. The van der Waals surface area contributed by atoms with Gasteiger partial charge in [-0.1, -0.05) is 280 Å². The molecule has 11 heteroatoms. The molecule has 79 heavy (non-hydrogen) atoms. The van der Waals surface area contributed by atoms with Crippen molar-refractivity contribution in [1.82, 2.24) is 5.32 Å². The number of esters is 1. The predicted molar refractivity (Wildman–Crippen MR) is 329 cm³/mol. The molecule has 8 unspecified atom stereocenters. The number of ether oxygens (including phenoxy) is 3. The Labute approximate surface area is 483 Å². The first-order chi connectivity index (χ1) is 38.7. The SMILES string of the molecule is CC/C=C/C=C/C=C\C=C/CCCCCC(=O)OC1C(OCC(NC(=O)C(O)CCCCCCCCCCCCCCCCCC/C=C/CCCCCCCC)C(O)/C=C/CCCCCCCCCCC)OC(CO)C(O)C1O. The molecule has 0 aromatic rings. The number of carbonyl (C=O) groups is 2. The number of rotatable bonds is 55. The molecule has 6 N–H and O–H groups in total. The number of nitrogens with one attached hydrogen (secondary N) is 1. The zero-order valence-electron chi connectivity index (χ0n) is 50.7. The van der Waals surface area contributed by atoms with Crippen LogP contribution in [-0.4, -0.2) is 99.6 Å². The Hall–Kier alpha value is -2.90. The van der Waals surface area contributed by atoms with Crippen LogP contribution >= 0.6 is 0 Å². The number of hydrogen-bond donors (Lipinski definition) is 6. The van der Waals surface area contributed by atoms with Crippen LogP contribution < -0.4 is 5.32 Å². The monoisotopic (exact) mass is 1110 g/mol. The van der Waals surface area contributed by atoms with E-state index in [1.807, 2.05) is 42.5 Å². The molecule has 0 saturated carbocycles. The van der Waals surface area contributed by atoms with E-state index >= 15 is 0 Å². The second kappa shape index (κ2) is 55.6. The maximum atomic E-state index is 13.4.